The second-order valence-electron chi connectivity index (χ2n) is 0. The van der Waals surface area contributed by atoms with E-state index in [1.807, 2.05) is 0 Å². The van der Waals surface area contributed by atoms with Crippen LogP contribution in [-0.4, -0.2) is 16.4 Å². The van der Waals surface area contributed by atoms with Gasteiger partial charge >= 0.3 is 0 Å². The van der Waals surface area contributed by atoms with Crippen LogP contribution in [0.25, 0.3) is 0 Å². The van der Waals surface area contributed by atoms with Crippen LogP contribution in [-0.2, 0) is 43.4 Å². The van der Waals surface area contributed by atoms with Crippen LogP contribution in [0.5, 0.6) is 0 Å². The minimum absolute atomic E-state index is 0. The van der Waals surface area contributed by atoms with Gasteiger partial charge in [-0.1, -0.05) is 0 Å². The largest absolute Gasteiger partial charge is 0.412 e. The van der Waals surface area contributed by atoms with Gasteiger partial charge in [0.25, 0.3) is 0 Å². The van der Waals surface area contributed by atoms with Crippen molar-refractivity contribution in [2.75, 3.05) is 0 Å². The maximum absolute atomic E-state index is 0. The molecule has 0 saturated carbocycles. The van der Waals surface area contributed by atoms with Gasteiger partial charge in [0.1, 0.15) is 0 Å². The molecule has 3 nitrogen and oxygen atoms in total. The van der Waals surface area contributed by atoms with Crippen molar-refractivity contribution in [2.45, 2.75) is 0 Å². The third kappa shape index (κ3) is 33.9. The Morgan fingerprint density at radius 3 is 0.600 bits per heavy atom. The molecule has 0 atom stereocenters. The van der Waals surface area contributed by atoms with E-state index in [4.69, 9.17) is 0 Å². The molecule has 0 spiro atoms. The fourth-order valence-electron chi connectivity index (χ4n) is 0. The number of rotatable bonds is 0. The van der Waals surface area contributed by atoms with Gasteiger partial charge in [0.2, 0.25) is 0 Å². The van der Waals surface area contributed by atoms with Crippen LogP contribution in [0.15, 0.2) is 0 Å². The quantitative estimate of drug-likeness (QED) is 0.430. The molecule has 41 valence electrons. The first-order valence-corrected chi connectivity index (χ1v) is 0. The predicted octanol–water partition coefficient (Wildman–Crippen LogP) is -2.48. The standard InChI is InChI=1S/Ag.Mo.3H2O/h;;3*1H2. The summed E-state index contributed by atoms with van der Waals surface area (Å²) in [5.74, 6) is 0. The van der Waals surface area contributed by atoms with Crippen LogP contribution in [0, 0.1) is 0 Å². The molecule has 0 aromatic rings. The molecule has 1 radical (unpaired) electrons. The SMILES string of the molecule is O.O.O.[Ag].[Mo]. The minimum Gasteiger partial charge on any atom is -0.412 e. The van der Waals surface area contributed by atoms with E-state index in [1.54, 1.807) is 0 Å². The fourth-order valence-corrected chi connectivity index (χ4v) is 0. The second-order valence-corrected chi connectivity index (χ2v) is 0. The summed E-state index contributed by atoms with van der Waals surface area (Å²) in [6, 6.07) is 0. The van der Waals surface area contributed by atoms with E-state index < -0.39 is 0 Å². The van der Waals surface area contributed by atoms with Gasteiger partial charge in [0.15, 0.2) is 0 Å². The summed E-state index contributed by atoms with van der Waals surface area (Å²) in [5, 5.41) is 0. The Morgan fingerprint density at radius 1 is 0.600 bits per heavy atom. The number of hydrogen-bond donors (Lipinski definition) is 0. The van der Waals surface area contributed by atoms with Gasteiger partial charge in [0.05, 0.1) is 0 Å². The van der Waals surface area contributed by atoms with Crippen LogP contribution in [0.4, 0.5) is 0 Å². The molecular formula is H6AgMoO3. The van der Waals surface area contributed by atoms with E-state index in [-0.39, 0.29) is 59.9 Å². The van der Waals surface area contributed by atoms with E-state index in [1.165, 1.54) is 0 Å². The van der Waals surface area contributed by atoms with Crippen LogP contribution < -0.4 is 0 Å². The van der Waals surface area contributed by atoms with Crippen molar-refractivity contribution >= 4 is 0 Å². The molecule has 0 fully saturated rings. The first kappa shape index (κ1) is 104. The van der Waals surface area contributed by atoms with Crippen molar-refractivity contribution in [3.8, 4) is 0 Å². The van der Waals surface area contributed by atoms with E-state index in [9.17, 15) is 0 Å². The maximum atomic E-state index is 0. The molecule has 0 rings (SSSR count). The average molecular weight is 258 g/mol. The molecule has 0 heterocycles. The summed E-state index contributed by atoms with van der Waals surface area (Å²) in [4.78, 5) is 0. The van der Waals surface area contributed by atoms with E-state index >= 15 is 0 Å². The molecule has 0 saturated heterocycles. The van der Waals surface area contributed by atoms with Gasteiger partial charge in [-0.15, -0.1) is 0 Å². The van der Waals surface area contributed by atoms with Gasteiger partial charge in [-0.25, -0.2) is 0 Å². The van der Waals surface area contributed by atoms with Crippen LogP contribution in [0.2, 0.25) is 0 Å². The summed E-state index contributed by atoms with van der Waals surface area (Å²) in [5.41, 5.74) is 0. The topological polar surface area (TPSA) is 94.5 Å². The van der Waals surface area contributed by atoms with Gasteiger partial charge in [-0.05, 0) is 0 Å². The zero-order chi connectivity index (χ0) is 0. The Morgan fingerprint density at radius 2 is 0.600 bits per heavy atom. The Kier molecular flexibility index (Phi) is 1200. The molecule has 0 aliphatic rings. The molecule has 6 N–H and O–H groups in total. The summed E-state index contributed by atoms with van der Waals surface area (Å²) in [6.45, 7) is 0. The number of hydrogen-bond acceptors (Lipinski definition) is 0. The van der Waals surface area contributed by atoms with Crippen molar-refractivity contribution in [1.29, 1.82) is 0 Å². The Balaban J connectivity index is 0. The van der Waals surface area contributed by atoms with Gasteiger partial charge in [-0.2, -0.15) is 0 Å². The molecule has 0 aromatic carbocycles. The van der Waals surface area contributed by atoms with Crippen molar-refractivity contribution in [3.63, 3.8) is 0 Å². The Labute approximate surface area is 59.8 Å². The zero-order valence-corrected chi connectivity index (χ0v) is 5.70. The first-order chi connectivity index (χ1) is 0. The fraction of sp³-hybridized carbons (Fsp3) is 0. The van der Waals surface area contributed by atoms with Crippen molar-refractivity contribution in [2.24, 2.45) is 0 Å². The molecule has 0 aliphatic heterocycles. The molecule has 0 aliphatic carbocycles. The first-order valence-electron chi connectivity index (χ1n) is 0. The minimum atomic E-state index is 0. The van der Waals surface area contributed by atoms with E-state index in [2.05, 4.69) is 0 Å². The van der Waals surface area contributed by atoms with Crippen molar-refractivity contribution < 1.29 is 59.9 Å². The normalized spacial score (nSPS) is 0. The average Bonchev–Trinajstić information content (AvgIpc) is 0. The molecule has 5 heteroatoms. The zero-order valence-electron chi connectivity index (χ0n) is 2.21. The smallest absolute Gasteiger partial charge is 0 e. The summed E-state index contributed by atoms with van der Waals surface area (Å²) in [7, 11) is 0. The molecule has 0 aromatic heterocycles. The van der Waals surface area contributed by atoms with E-state index in [0.717, 1.165) is 0 Å². The second kappa shape index (κ2) is 57.6. The summed E-state index contributed by atoms with van der Waals surface area (Å²) >= 11 is 0. The van der Waals surface area contributed by atoms with Gasteiger partial charge in [-0.3, -0.25) is 0 Å². The van der Waals surface area contributed by atoms with Gasteiger partial charge in [0, 0.05) is 43.4 Å². The van der Waals surface area contributed by atoms with Gasteiger partial charge < -0.3 is 16.4 Å². The molecule has 0 unspecified atom stereocenters. The monoisotopic (exact) mass is 259 g/mol. The predicted molar refractivity (Wildman–Crippen MR) is 10.8 cm³/mol. The Hall–Kier alpha value is 1.31. The maximum Gasteiger partial charge on any atom is 0 e. The molecular weight excluding hydrogens is 252 g/mol. The van der Waals surface area contributed by atoms with Crippen LogP contribution in [0.1, 0.15) is 0 Å². The molecule has 5 heavy (non-hydrogen) atoms. The molecule has 0 bridgehead atoms. The van der Waals surface area contributed by atoms with Crippen LogP contribution in [0.3, 0.4) is 0 Å². The molecule has 0 amide bonds. The third-order valence-corrected chi connectivity index (χ3v) is 0. The summed E-state index contributed by atoms with van der Waals surface area (Å²) < 4.78 is 0. The Bertz CT molecular complexity index is 6.85. The van der Waals surface area contributed by atoms with E-state index in [0.29, 0.717) is 0 Å². The van der Waals surface area contributed by atoms with Crippen molar-refractivity contribution in [3.05, 3.63) is 0 Å². The third-order valence-electron chi connectivity index (χ3n) is 0. The van der Waals surface area contributed by atoms with Crippen molar-refractivity contribution in [1.82, 2.24) is 0 Å². The summed E-state index contributed by atoms with van der Waals surface area (Å²) in [6.07, 6.45) is 0. The van der Waals surface area contributed by atoms with Crippen LogP contribution >= 0.6 is 0 Å².